The second kappa shape index (κ2) is 8.12. The molecule has 1 aliphatic rings. The average Bonchev–Trinajstić information content (AvgIpc) is 3.07. The van der Waals surface area contributed by atoms with Gasteiger partial charge in [-0.25, -0.2) is 14.7 Å². The van der Waals surface area contributed by atoms with Crippen LogP contribution >= 0.6 is 11.6 Å². The molecule has 0 bridgehead atoms. The van der Waals surface area contributed by atoms with Crippen molar-refractivity contribution in [3.8, 4) is 17.1 Å². The minimum atomic E-state index is -0.190. The summed E-state index contributed by atoms with van der Waals surface area (Å²) in [6, 6.07) is 13.2. The molecule has 1 amide bonds. The predicted octanol–water partition coefficient (Wildman–Crippen LogP) is 4.03. The van der Waals surface area contributed by atoms with E-state index in [1.807, 2.05) is 54.4 Å². The van der Waals surface area contributed by atoms with Gasteiger partial charge in [-0.05, 0) is 44.0 Å². The molecule has 1 fully saturated rings. The minimum Gasteiger partial charge on any atom is -0.283 e. The molecule has 0 atom stereocenters. The van der Waals surface area contributed by atoms with Gasteiger partial charge in [-0.2, -0.15) is 5.10 Å². The first kappa shape index (κ1) is 18.7. The topological polar surface area (TPSA) is 63.1 Å². The van der Waals surface area contributed by atoms with Crippen molar-refractivity contribution in [2.75, 3.05) is 13.1 Å². The van der Waals surface area contributed by atoms with E-state index in [1.165, 1.54) is 6.42 Å². The first-order valence-corrected chi connectivity index (χ1v) is 9.84. The number of hydrogen-bond donors (Lipinski definition) is 1. The molecule has 0 spiro atoms. The van der Waals surface area contributed by atoms with E-state index in [0.717, 1.165) is 42.8 Å². The lowest BCUT2D eigenvalue weighted by Crippen LogP contribution is -2.45. The summed E-state index contributed by atoms with van der Waals surface area (Å²) in [6.45, 7) is 3.66. The minimum absolute atomic E-state index is 0.190. The number of aromatic nitrogens is 3. The van der Waals surface area contributed by atoms with Crippen LogP contribution < -0.4 is 5.43 Å². The number of hydrogen-bond acceptors (Lipinski definition) is 4. The van der Waals surface area contributed by atoms with E-state index in [-0.39, 0.29) is 5.91 Å². The first-order chi connectivity index (χ1) is 13.6. The van der Waals surface area contributed by atoms with Gasteiger partial charge in [0.1, 0.15) is 0 Å². The quantitative estimate of drug-likeness (QED) is 0.724. The molecule has 3 heterocycles. The van der Waals surface area contributed by atoms with E-state index in [9.17, 15) is 4.79 Å². The number of amides is 1. The normalized spacial score (nSPS) is 14.8. The average molecular weight is 396 g/mol. The lowest BCUT2D eigenvalue weighted by atomic mass is 10.1. The Kier molecular flexibility index (Phi) is 5.41. The highest BCUT2D eigenvalue weighted by atomic mass is 35.5. The maximum Gasteiger partial charge on any atom is 0.286 e. The zero-order valence-corrected chi connectivity index (χ0v) is 16.5. The maximum absolute atomic E-state index is 12.9. The van der Waals surface area contributed by atoms with Crippen molar-refractivity contribution in [2.24, 2.45) is 0 Å². The zero-order valence-electron chi connectivity index (χ0n) is 15.7. The van der Waals surface area contributed by atoms with Crippen molar-refractivity contribution < 1.29 is 4.79 Å². The lowest BCUT2D eigenvalue weighted by Gasteiger charge is -2.26. The Morgan fingerprint density at radius 2 is 1.82 bits per heavy atom. The zero-order chi connectivity index (χ0) is 19.5. The fraction of sp³-hybridized carbons (Fsp3) is 0.286. The van der Waals surface area contributed by atoms with Crippen LogP contribution in [0.25, 0.3) is 17.1 Å². The van der Waals surface area contributed by atoms with Crippen LogP contribution in [0.2, 0.25) is 5.02 Å². The van der Waals surface area contributed by atoms with Crippen LogP contribution in [-0.2, 0) is 0 Å². The van der Waals surface area contributed by atoms with Crippen molar-refractivity contribution in [1.29, 1.82) is 0 Å². The molecule has 0 unspecified atom stereocenters. The molecule has 7 heteroatoms. The number of nitrogens with zero attached hydrogens (tertiary/aromatic N) is 4. The van der Waals surface area contributed by atoms with Gasteiger partial charge in [0.15, 0.2) is 11.5 Å². The first-order valence-electron chi connectivity index (χ1n) is 9.46. The van der Waals surface area contributed by atoms with Crippen LogP contribution in [0.5, 0.6) is 0 Å². The summed E-state index contributed by atoms with van der Waals surface area (Å²) >= 11 is 6.06. The Labute approximate surface area is 169 Å². The third kappa shape index (κ3) is 3.79. The highest BCUT2D eigenvalue weighted by Gasteiger charge is 2.24. The molecule has 3 aromatic rings. The summed E-state index contributed by atoms with van der Waals surface area (Å²) in [5.74, 6) is 0.469. The molecule has 4 rings (SSSR count). The smallest absolute Gasteiger partial charge is 0.283 e. The Morgan fingerprint density at radius 3 is 2.50 bits per heavy atom. The van der Waals surface area contributed by atoms with Crippen LogP contribution in [0, 0.1) is 6.92 Å². The van der Waals surface area contributed by atoms with Gasteiger partial charge in [-0.3, -0.25) is 10.2 Å². The number of hydrazine groups is 1. The Balaban J connectivity index is 1.75. The van der Waals surface area contributed by atoms with Crippen LogP contribution in [0.15, 0.2) is 48.7 Å². The molecule has 0 aliphatic carbocycles. The summed E-state index contributed by atoms with van der Waals surface area (Å²) in [4.78, 5) is 17.4. The number of pyridine rings is 1. The van der Waals surface area contributed by atoms with Crippen molar-refractivity contribution >= 4 is 17.5 Å². The van der Waals surface area contributed by atoms with Crippen LogP contribution in [-0.4, -0.2) is 38.8 Å². The molecule has 144 valence electrons. The van der Waals surface area contributed by atoms with Gasteiger partial charge in [0.05, 0.1) is 5.69 Å². The molecule has 1 N–H and O–H groups in total. The summed E-state index contributed by atoms with van der Waals surface area (Å²) in [6.07, 6.45) is 5.11. The number of halogens is 1. The molecule has 1 aromatic carbocycles. The van der Waals surface area contributed by atoms with Crippen LogP contribution in [0.4, 0.5) is 0 Å². The van der Waals surface area contributed by atoms with Gasteiger partial charge in [0.25, 0.3) is 5.91 Å². The summed E-state index contributed by atoms with van der Waals surface area (Å²) < 4.78 is 1.73. The van der Waals surface area contributed by atoms with E-state index in [1.54, 1.807) is 10.9 Å². The van der Waals surface area contributed by atoms with E-state index >= 15 is 0 Å². The standard InChI is InChI=1S/C21H22ClN5O/c1-15-19(21(28)25-26-13-5-2-6-14-26)24-27(18-7-3-4-12-23-18)20(15)16-8-10-17(22)11-9-16/h3-4,7-12H,2,5-6,13-14H2,1H3,(H,25,28). The number of carbonyl (C=O) groups is 1. The van der Waals surface area contributed by atoms with Gasteiger partial charge in [-0.15, -0.1) is 0 Å². The summed E-state index contributed by atoms with van der Waals surface area (Å²) in [7, 11) is 0. The number of nitrogens with one attached hydrogen (secondary N) is 1. The summed E-state index contributed by atoms with van der Waals surface area (Å²) in [5.41, 5.74) is 5.98. The molecule has 28 heavy (non-hydrogen) atoms. The van der Waals surface area contributed by atoms with Gasteiger partial charge in [-0.1, -0.05) is 36.2 Å². The molecule has 6 nitrogen and oxygen atoms in total. The molecular formula is C21H22ClN5O. The molecule has 2 aromatic heterocycles. The highest BCUT2D eigenvalue weighted by Crippen LogP contribution is 2.29. The van der Waals surface area contributed by atoms with E-state index in [4.69, 9.17) is 11.6 Å². The van der Waals surface area contributed by atoms with Crippen molar-refractivity contribution in [1.82, 2.24) is 25.2 Å². The van der Waals surface area contributed by atoms with Crippen molar-refractivity contribution in [3.63, 3.8) is 0 Å². The fourth-order valence-electron chi connectivity index (χ4n) is 3.51. The number of benzene rings is 1. The molecule has 1 saturated heterocycles. The van der Waals surface area contributed by atoms with Crippen LogP contribution in [0.3, 0.4) is 0 Å². The van der Waals surface area contributed by atoms with Gasteiger partial charge in [0, 0.05) is 35.4 Å². The molecule has 1 aliphatic heterocycles. The third-order valence-corrected chi connectivity index (χ3v) is 5.19. The van der Waals surface area contributed by atoms with Crippen molar-refractivity contribution in [3.05, 3.63) is 64.9 Å². The largest absolute Gasteiger partial charge is 0.286 e. The van der Waals surface area contributed by atoms with Crippen molar-refractivity contribution in [2.45, 2.75) is 26.2 Å². The Bertz CT molecular complexity index is 962. The molecule has 0 saturated carbocycles. The lowest BCUT2D eigenvalue weighted by molar-refractivity contribution is 0.0743. The predicted molar refractivity (Wildman–Crippen MR) is 109 cm³/mol. The Hall–Kier alpha value is -2.70. The van der Waals surface area contributed by atoms with Crippen LogP contribution in [0.1, 0.15) is 35.3 Å². The van der Waals surface area contributed by atoms with Gasteiger partial charge >= 0.3 is 0 Å². The number of piperidine rings is 1. The molecule has 0 radical (unpaired) electrons. The highest BCUT2D eigenvalue weighted by molar-refractivity contribution is 6.30. The molecular weight excluding hydrogens is 374 g/mol. The SMILES string of the molecule is Cc1c(C(=O)NN2CCCCC2)nn(-c2ccccn2)c1-c1ccc(Cl)cc1. The van der Waals surface area contributed by atoms with E-state index in [2.05, 4.69) is 15.5 Å². The third-order valence-electron chi connectivity index (χ3n) is 4.94. The maximum atomic E-state index is 12.9. The van der Waals surface area contributed by atoms with E-state index in [0.29, 0.717) is 16.5 Å². The monoisotopic (exact) mass is 395 g/mol. The summed E-state index contributed by atoms with van der Waals surface area (Å²) in [5, 5.41) is 7.27. The van der Waals surface area contributed by atoms with E-state index < -0.39 is 0 Å². The second-order valence-corrected chi connectivity index (χ2v) is 7.35. The fourth-order valence-corrected chi connectivity index (χ4v) is 3.63. The number of rotatable bonds is 4. The van der Waals surface area contributed by atoms with Gasteiger partial charge in [0.2, 0.25) is 0 Å². The number of carbonyl (C=O) groups excluding carboxylic acids is 1. The Morgan fingerprint density at radius 1 is 1.07 bits per heavy atom. The van der Waals surface area contributed by atoms with Gasteiger partial charge < -0.3 is 0 Å². The second-order valence-electron chi connectivity index (χ2n) is 6.92.